The van der Waals surface area contributed by atoms with Crippen LogP contribution in [0, 0.1) is 0 Å². The molecule has 0 aliphatic heterocycles. The van der Waals surface area contributed by atoms with Crippen LogP contribution in [0.2, 0.25) is 0 Å². The van der Waals surface area contributed by atoms with Crippen LogP contribution in [0.15, 0.2) is 30.3 Å². The van der Waals surface area contributed by atoms with Crippen molar-refractivity contribution >= 4 is 0 Å². The summed E-state index contributed by atoms with van der Waals surface area (Å²) >= 11 is 0. The second kappa shape index (κ2) is 7.43. The van der Waals surface area contributed by atoms with Gasteiger partial charge in [-0.15, -0.1) is 0 Å². The van der Waals surface area contributed by atoms with Crippen molar-refractivity contribution < 1.29 is 4.74 Å². The van der Waals surface area contributed by atoms with Gasteiger partial charge >= 0.3 is 0 Å². The fourth-order valence-corrected chi connectivity index (χ4v) is 1.58. The third-order valence-corrected chi connectivity index (χ3v) is 2.56. The van der Waals surface area contributed by atoms with Crippen LogP contribution in [0.3, 0.4) is 0 Å². The van der Waals surface area contributed by atoms with Crippen LogP contribution in [-0.4, -0.2) is 25.2 Å². The van der Waals surface area contributed by atoms with Crippen LogP contribution in [-0.2, 0) is 11.3 Å². The van der Waals surface area contributed by atoms with Crippen molar-refractivity contribution in [3.63, 3.8) is 0 Å². The summed E-state index contributed by atoms with van der Waals surface area (Å²) in [4.78, 5) is 0. The number of rotatable bonds is 8. The van der Waals surface area contributed by atoms with E-state index >= 15 is 0 Å². The molecule has 0 fully saturated rings. The number of nitrogens with one attached hydrogen (secondary N) is 1. The zero-order chi connectivity index (χ0) is 12.6. The van der Waals surface area contributed by atoms with Gasteiger partial charge < -0.3 is 15.8 Å². The van der Waals surface area contributed by atoms with Gasteiger partial charge in [0.15, 0.2) is 0 Å². The molecule has 96 valence electrons. The Morgan fingerprint density at radius 2 is 1.94 bits per heavy atom. The highest BCUT2D eigenvalue weighted by molar-refractivity contribution is 5.13. The second-order valence-corrected chi connectivity index (χ2v) is 4.93. The Hall–Kier alpha value is -0.900. The van der Waals surface area contributed by atoms with Gasteiger partial charge in [0.1, 0.15) is 0 Å². The number of hydrogen-bond donors (Lipinski definition) is 2. The molecule has 0 saturated heterocycles. The largest absolute Gasteiger partial charge is 0.375 e. The van der Waals surface area contributed by atoms with E-state index in [9.17, 15) is 0 Å². The first kappa shape index (κ1) is 14.2. The fourth-order valence-electron chi connectivity index (χ4n) is 1.58. The summed E-state index contributed by atoms with van der Waals surface area (Å²) in [5, 5.41) is 3.44. The van der Waals surface area contributed by atoms with Gasteiger partial charge in [-0.1, -0.05) is 30.3 Å². The van der Waals surface area contributed by atoms with E-state index in [-0.39, 0.29) is 5.54 Å². The summed E-state index contributed by atoms with van der Waals surface area (Å²) < 4.78 is 5.72. The van der Waals surface area contributed by atoms with Gasteiger partial charge in [-0.05, 0) is 38.9 Å². The molecule has 1 aromatic carbocycles. The van der Waals surface area contributed by atoms with Gasteiger partial charge in [0.2, 0.25) is 0 Å². The van der Waals surface area contributed by atoms with E-state index in [1.807, 2.05) is 18.2 Å². The predicted octanol–water partition coefficient (Wildman–Crippen LogP) is 1.92. The van der Waals surface area contributed by atoms with Crippen molar-refractivity contribution in [2.75, 3.05) is 19.7 Å². The van der Waals surface area contributed by atoms with Gasteiger partial charge in [0.25, 0.3) is 0 Å². The van der Waals surface area contributed by atoms with Crippen LogP contribution < -0.4 is 11.1 Å². The van der Waals surface area contributed by atoms with E-state index in [2.05, 4.69) is 31.3 Å². The Morgan fingerprint density at radius 1 is 1.24 bits per heavy atom. The van der Waals surface area contributed by atoms with E-state index in [0.717, 1.165) is 19.5 Å². The molecule has 0 radical (unpaired) electrons. The number of ether oxygens (including phenoxy) is 1. The summed E-state index contributed by atoms with van der Waals surface area (Å²) in [5.41, 5.74) is 6.68. The zero-order valence-corrected chi connectivity index (χ0v) is 10.9. The Balaban J connectivity index is 2.20. The minimum atomic E-state index is 0.00392. The van der Waals surface area contributed by atoms with Crippen LogP contribution in [0.5, 0.6) is 0 Å². The van der Waals surface area contributed by atoms with Gasteiger partial charge in [-0.3, -0.25) is 0 Å². The number of nitrogens with two attached hydrogens (primary N) is 1. The molecule has 0 spiro atoms. The topological polar surface area (TPSA) is 47.3 Å². The average molecular weight is 236 g/mol. The fraction of sp³-hybridized carbons (Fsp3) is 0.571. The average Bonchev–Trinajstić information content (AvgIpc) is 2.30. The molecular weight excluding hydrogens is 212 g/mol. The molecule has 0 aromatic heterocycles. The van der Waals surface area contributed by atoms with E-state index in [1.54, 1.807) is 0 Å². The molecule has 1 aromatic rings. The van der Waals surface area contributed by atoms with Crippen LogP contribution in [0.4, 0.5) is 0 Å². The maximum absolute atomic E-state index is 5.72. The molecular formula is C14H24N2O. The quantitative estimate of drug-likeness (QED) is 0.678. The third kappa shape index (κ3) is 6.41. The Morgan fingerprint density at radius 3 is 2.59 bits per heavy atom. The van der Waals surface area contributed by atoms with E-state index in [4.69, 9.17) is 10.5 Å². The van der Waals surface area contributed by atoms with Crippen LogP contribution in [0.25, 0.3) is 0 Å². The van der Waals surface area contributed by atoms with Crippen LogP contribution >= 0.6 is 0 Å². The molecule has 0 aliphatic rings. The van der Waals surface area contributed by atoms with Crippen molar-refractivity contribution in [1.29, 1.82) is 0 Å². The van der Waals surface area contributed by atoms with Crippen molar-refractivity contribution in [2.45, 2.75) is 32.4 Å². The maximum Gasteiger partial charge on any atom is 0.0717 e. The molecule has 0 bridgehead atoms. The first-order chi connectivity index (χ1) is 8.14. The van der Waals surface area contributed by atoms with Gasteiger partial charge in [-0.2, -0.15) is 0 Å². The van der Waals surface area contributed by atoms with Crippen molar-refractivity contribution in [1.82, 2.24) is 5.32 Å². The number of hydrogen-bond acceptors (Lipinski definition) is 3. The Kier molecular flexibility index (Phi) is 6.19. The van der Waals surface area contributed by atoms with E-state index in [1.165, 1.54) is 5.56 Å². The number of benzene rings is 1. The minimum absolute atomic E-state index is 0.00392. The lowest BCUT2D eigenvalue weighted by Crippen LogP contribution is -2.44. The molecule has 0 atom stereocenters. The smallest absolute Gasteiger partial charge is 0.0717 e. The van der Waals surface area contributed by atoms with Gasteiger partial charge in [0.05, 0.1) is 13.2 Å². The van der Waals surface area contributed by atoms with Crippen molar-refractivity contribution in [3.8, 4) is 0 Å². The highest BCUT2D eigenvalue weighted by Crippen LogP contribution is 2.06. The summed E-state index contributed by atoms with van der Waals surface area (Å²) in [6.07, 6.45) is 1.00. The Labute approximate surface area is 104 Å². The second-order valence-electron chi connectivity index (χ2n) is 4.93. The van der Waals surface area contributed by atoms with Gasteiger partial charge in [-0.25, -0.2) is 0 Å². The monoisotopic (exact) mass is 236 g/mol. The minimum Gasteiger partial charge on any atom is -0.375 e. The first-order valence-corrected chi connectivity index (χ1v) is 6.21. The third-order valence-electron chi connectivity index (χ3n) is 2.56. The highest BCUT2D eigenvalue weighted by atomic mass is 16.5. The molecule has 1 rings (SSSR count). The van der Waals surface area contributed by atoms with Crippen molar-refractivity contribution in [2.24, 2.45) is 5.73 Å². The Bertz CT molecular complexity index is 298. The van der Waals surface area contributed by atoms with Crippen LogP contribution in [0.1, 0.15) is 25.8 Å². The lowest BCUT2D eigenvalue weighted by atomic mass is 10.1. The first-order valence-electron chi connectivity index (χ1n) is 6.21. The molecule has 3 N–H and O–H groups in total. The summed E-state index contributed by atoms with van der Waals surface area (Å²) in [6.45, 7) is 7.34. The molecule has 0 amide bonds. The lowest BCUT2D eigenvalue weighted by molar-refractivity contribution is 0.0711. The molecule has 0 aliphatic carbocycles. The highest BCUT2D eigenvalue weighted by Gasteiger charge is 2.16. The molecule has 3 nitrogen and oxygen atoms in total. The SMILES string of the molecule is CC(C)(COCc1ccccc1)NCCCN. The van der Waals surface area contributed by atoms with Gasteiger partial charge in [0, 0.05) is 5.54 Å². The maximum atomic E-state index is 5.72. The molecule has 0 unspecified atom stereocenters. The standard InChI is InChI=1S/C14H24N2O/c1-14(2,16-10-6-9-15)12-17-11-13-7-4-3-5-8-13/h3-5,7-8,16H,6,9-12,15H2,1-2H3. The molecule has 3 heteroatoms. The summed E-state index contributed by atoms with van der Waals surface area (Å²) in [5.74, 6) is 0. The molecule has 17 heavy (non-hydrogen) atoms. The predicted molar refractivity (Wildman–Crippen MR) is 71.9 cm³/mol. The zero-order valence-electron chi connectivity index (χ0n) is 10.9. The van der Waals surface area contributed by atoms with Crippen molar-refractivity contribution in [3.05, 3.63) is 35.9 Å². The summed E-state index contributed by atoms with van der Waals surface area (Å²) in [6, 6.07) is 10.2. The summed E-state index contributed by atoms with van der Waals surface area (Å²) in [7, 11) is 0. The van der Waals surface area contributed by atoms with E-state index in [0.29, 0.717) is 13.2 Å². The van der Waals surface area contributed by atoms with E-state index < -0.39 is 0 Å². The molecule has 0 heterocycles. The lowest BCUT2D eigenvalue weighted by Gasteiger charge is -2.26. The molecule has 0 saturated carbocycles. The normalized spacial score (nSPS) is 11.7.